The van der Waals surface area contributed by atoms with Crippen LogP contribution in [-0.2, 0) is 11.3 Å². The first kappa shape index (κ1) is 16.9. The van der Waals surface area contributed by atoms with Gasteiger partial charge in [-0.2, -0.15) is 0 Å². The van der Waals surface area contributed by atoms with Gasteiger partial charge in [-0.3, -0.25) is 4.79 Å². The molecule has 1 fully saturated rings. The highest BCUT2D eigenvalue weighted by Crippen LogP contribution is 2.38. The minimum Gasteiger partial charge on any atom is -0.497 e. The van der Waals surface area contributed by atoms with E-state index in [0.717, 1.165) is 16.4 Å². The van der Waals surface area contributed by atoms with E-state index in [2.05, 4.69) is 11.9 Å². The summed E-state index contributed by atoms with van der Waals surface area (Å²) in [4.78, 5) is 19.4. The van der Waals surface area contributed by atoms with Gasteiger partial charge < -0.3 is 14.4 Å². The second-order valence-corrected chi connectivity index (χ2v) is 6.95. The summed E-state index contributed by atoms with van der Waals surface area (Å²) in [5, 5.41) is 2.63. The van der Waals surface area contributed by atoms with E-state index in [1.807, 2.05) is 34.5 Å². The number of ether oxygens (including phenoxy) is 2. The van der Waals surface area contributed by atoms with Gasteiger partial charge in [0.25, 0.3) is 5.91 Å². The molecular weight excluding hydrogens is 324 g/mol. The molecule has 0 unspecified atom stereocenters. The summed E-state index contributed by atoms with van der Waals surface area (Å²) in [5.74, 6) is 1.28. The summed E-state index contributed by atoms with van der Waals surface area (Å²) in [7, 11) is 3.26. The molecule has 0 spiro atoms. The average Bonchev–Trinajstić information content (AvgIpc) is 3.35. The van der Waals surface area contributed by atoms with Crippen molar-refractivity contribution < 1.29 is 14.3 Å². The standard InChI is InChI=1S/C18H22N2O3S/c1-12(13-4-5-13)20(14-6-8-15(23-3)9-7-14)18(21)16-11-24-17(19-16)10-22-2/h6-9,11-13H,4-5,10H2,1-3H3/t12-/m1/s1. The molecule has 0 bridgehead atoms. The van der Waals surface area contributed by atoms with E-state index in [4.69, 9.17) is 9.47 Å². The number of methoxy groups -OCH3 is 2. The van der Waals surface area contributed by atoms with Gasteiger partial charge in [0.05, 0.1) is 13.7 Å². The van der Waals surface area contributed by atoms with E-state index in [1.54, 1.807) is 14.2 Å². The molecular formula is C18H22N2O3S. The summed E-state index contributed by atoms with van der Waals surface area (Å²) in [6.07, 6.45) is 2.35. The van der Waals surface area contributed by atoms with E-state index in [-0.39, 0.29) is 11.9 Å². The predicted octanol–water partition coefficient (Wildman–Crippen LogP) is 3.74. The fourth-order valence-electron chi connectivity index (χ4n) is 2.79. The number of aromatic nitrogens is 1. The molecule has 2 aromatic rings. The van der Waals surface area contributed by atoms with E-state index in [9.17, 15) is 4.79 Å². The van der Waals surface area contributed by atoms with Gasteiger partial charge >= 0.3 is 0 Å². The lowest BCUT2D eigenvalue weighted by atomic mass is 10.1. The molecule has 1 atom stereocenters. The molecule has 6 heteroatoms. The Balaban J connectivity index is 1.89. The Labute approximate surface area is 146 Å². The van der Waals surface area contributed by atoms with Gasteiger partial charge in [0, 0.05) is 24.2 Å². The van der Waals surface area contributed by atoms with Gasteiger partial charge in [0.15, 0.2) is 0 Å². The van der Waals surface area contributed by atoms with E-state index >= 15 is 0 Å². The first-order valence-electron chi connectivity index (χ1n) is 8.05. The van der Waals surface area contributed by atoms with Crippen molar-refractivity contribution in [2.75, 3.05) is 19.1 Å². The van der Waals surface area contributed by atoms with Crippen molar-refractivity contribution in [2.24, 2.45) is 5.92 Å². The second kappa shape index (κ2) is 7.32. The largest absolute Gasteiger partial charge is 0.497 e. The zero-order valence-electron chi connectivity index (χ0n) is 14.2. The maximum atomic E-state index is 13.1. The van der Waals surface area contributed by atoms with Crippen LogP contribution < -0.4 is 9.64 Å². The van der Waals surface area contributed by atoms with Crippen molar-refractivity contribution in [2.45, 2.75) is 32.4 Å². The monoisotopic (exact) mass is 346 g/mol. The van der Waals surface area contributed by atoms with Gasteiger partial charge in [0.2, 0.25) is 0 Å². The summed E-state index contributed by atoms with van der Waals surface area (Å²) in [6, 6.07) is 7.77. The molecule has 0 radical (unpaired) electrons. The Morgan fingerprint density at radius 2 is 2.04 bits per heavy atom. The molecule has 0 aliphatic heterocycles. The Bertz CT molecular complexity index is 695. The molecule has 1 aliphatic carbocycles. The Morgan fingerprint density at radius 1 is 1.33 bits per heavy atom. The maximum absolute atomic E-state index is 13.1. The fraction of sp³-hybridized carbons (Fsp3) is 0.444. The molecule has 1 heterocycles. The number of carbonyl (C=O) groups excluding carboxylic acids is 1. The molecule has 1 amide bonds. The lowest BCUT2D eigenvalue weighted by Crippen LogP contribution is -2.40. The molecule has 1 aromatic carbocycles. The van der Waals surface area contributed by atoms with Crippen molar-refractivity contribution in [3.05, 3.63) is 40.3 Å². The van der Waals surface area contributed by atoms with Crippen LogP contribution in [0.1, 0.15) is 35.3 Å². The third-order valence-electron chi connectivity index (χ3n) is 4.32. The van der Waals surface area contributed by atoms with Crippen molar-refractivity contribution in [3.8, 4) is 5.75 Å². The van der Waals surface area contributed by atoms with Crippen LogP contribution >= 0.6 is 11.3 Å². The smallest absolute Gasteiger partial charge is 0.278 e. The molecule has 128 valence electrons. The zero-order chi connectivity index (χ0) is 17.1. The highest BCUT2D eigenvalue weighted by molar-refractivity contribution is 7.09. The van der Waals surface area contributed by atoms with Crippen LogP contribution in [0.25, 0.3) is 0 Å². The van der Waals surface area contributed by atoms with Gasteiger partial charge in [-0.1, -0.05) is 0 Å². The molecule has 1 aromatic heterocycles. The number of carbonyl (C=O) groups is 1. The average molecular weight is 346 g/mol. The van der Waals surface area contributed by atoms with Crippen molar-refractivity contribution in [3.63, 3.8) is 0 Å². The van der Waals surface area contributed by atoms with Gasteiger partial charge in [-0.05, 0) is 49.9 Å². The van der Waals surface area contributed by atoms with Crippen LogP contribution in [0.4, 0.5) is 5.69 Å². The Morgan fingerprint density at radius 3 is 2.62 bits per heavy atom. The zero-order valence-corrected chi connectivity index (χ0v) is 15.0. The summed E-state index contributed by atoms with van der Waals surface area (Å²) in [5.41, 5.74) is 1.36. The molecule has 0 N–H and O–H groups in total. The lowest BCUT2D eigenvalue weighted by molar-refractivity contribution is 0.0971. The van der Waals surface area contributed by atoms with Crippen LogP contribution in [0, 0.1) is 5.92 Å². The van der Waals surface area contributed by atoms with Crippen molar-refractivity contribution in [1.29, 1.82) is 0 Å². The minimum atomic E-state index is -0.0573. The quantitative estimate of drug-likeness (QED) is 0.766. The second-order valence-electron chi connectivity index (χ2n) is 6.01. The van der Waals surface area contributed by atoms with Crippen LogP contribution in [0.3, 0.4) is 0 Å². The third-order valence-corrected chi connectivity index (χ3v) is 5.14. The first-order chi connectivity index (χ1) is 11.6. The van der Waals surface area contributed by atoms with Crippen LogP contribution in [-0.4, -0.2) is 31.2 Å². The van der Waals surface area contributed by atoms with Crippen molar-refractivity contribution >= 4 is 22.9 Å². The van der Waals surface area contributed by atoms with Gasteiger partial charge in [0.1, 0.15) is 16.5 Å². The number of thiazole rings is 1. The maximum Gasteiger partial charge on any atom is 0.278 e. The summed E-state index contributed by atoms with van der Waals surface area (Å²) in [6.45, 7) is 2.54. The summed E-state index contributed by atoms with van der Waals surface area (Å²) < 4.78 is 10.3. The number of amides is 1. The number of hydrogen-bond donors (Lipinski definition) is 0. The number of nitrogens with zero attached hydrogens (tertiary/aromatic N) is 2. The third kappa shape index (κ3) is 3.60. The first-order valence-corrected chi connectivity index (χ1v) is 8.93. The predicted molar refractivity (Wildman–Crippen MR) is 94.8 cm³/mol. The van der Waals surface area contributed by atoms with E-state index < -0.39 is 0 Å². The number of hydrogen-bond acceptors (Lipinski definition) is 5. The topological polar surface area (TPSA) is 51.7 Å². The van der Waals surface area contributed by atoms with E-state index in [1.165, 1.54) is 24.2 Å². The van der Waals surface area contributed by atoms with Crippen LogP contribution in [0.5, 0.6) is 5.75 Å². The summed E-state index contributed by atoms with van der Waals surface area (Å²) >= 11 is 1.45. The molecule has 1 saturated carbocycles. The number of anilines is 1. The molecule has 24 heavy (non-hydrogen) atoms. The van der Waals surface area contributed by atoms with Gasteiger partial charge in [-0.25, -0.2) is 4.98 Å². The van der Waals surface area contributed by atoms with Crippen LogP contribution in [0.2, 0.25) is 0 Å². The molecule has 3 rings (SSSR count). The highest BCUT2D eigenvalue weighted by atomic mass is 32.1. The van der Waals surface area contributed by atoms with Crippen LogP contribution in [0.15, 0.2) is 29.6 Å². The van der Waals surface area contributed by atoms with Crippen molar-refractivity contribution in [1.82, 2.24) is 4.98 Å². The Kier molecular flexibility index (Phi) is 5.16. The number of rotatable bonds is 7. The fourth-order valence-corrected chi connectivity index (χ4v) is 3.53. The SMILES string of the molecule is COCc1nc(C(=O)N(c2ccc(OC)cc2)[C@H](C)C2CC2)cs1. The molecule has 0 saturated heterocycles. The minimum absolute atomic E-state index is 0.0573. The molecule has 1 aliphatic rings. The van der Waals surface area contributed by atoms with Gasteiger partial charge in [-0.15, -0.1) is 11.3 Å². The lowest BCUT2D eigenvalue weighted by Gasteiger charge is -2.29. The highest BCUT2D eigenvalue weighted by Gasteiger charge is 2.36. The van der Waals surface area contributed by atoms with E-state index in [0.29, 0.717) is 18.2 Å². The normalized spacial score (nSPS) is 15.1. The Hall–Kier alpha value is -1.92. The number of benzene rings is 1. The molecule has 5 nitrogen and oxygen atoms in total.